The largest absolute Gasteiger partial charge is 0.478 e. The number of benzene rings is 1. The third-order valence-corrected chi connectivity index (χ3v) is 5.28. The molecule has 0 amide bonds. The summed E-state index contributed by atoms with van der Waals surface area (Å²) in [5, 5.41) is 9.22. The number of aromatic carboxylic acids is 1. The third kappa shape index (κ3) is 2.93. The Morgan fingerprint density at radius 2 is 2.04 bits per heavy atom. The van der Waals surface area contributed by atoms with Crippen molar-refractivity contribution in [3.63, 3.8) is 0 Å². The smallest absolute Gasteiger partial charge is 0.336 e. The lowest BCUT2D eigenvalue weighted by Gasteiger charge is -2.52. The first kappa shape index (κ1) is 18.0. The van der Waals surface area contributed by atoms with Crippen molar-refractivity contribution in [2.24, 2.45) is 0 Å². The van der Waals surface area contributed by atoms with E-state index in [0.29, 0.717) is 5.56 Å². The Morgan fingerprint density at radius 3 is 2.39 bits per heavy atom. The molecule has 1 fully saturated rings. The van der Waals surface area contributed by atoms with Gasteiger partial charge in [0.15, 0.2) is 0 Å². The SMILES string of the molecule is CCc1c(C(=O)O)ccc(C2(N([SH]=O)C(C)(C)C)COC2)c1F. The topological polar surface area (TPSA) is 66.8 Å². The molecule has 1 heterocycles. The fraction of sp³-hybridized carbons (Fsp3) is 0.562. The van der Waals surface area contributed by atoms with Crippen LogP contribution in [-0.2, 0) is 28.5 Å². The van der Waals surface area contributed by atoms with Crippen molar-refractivity contribution in [1.82, 2.24) is 4.31 Å². The summed E-state index contributed by atoms with van der Waals surface area (Å²) in [5.74, 6) is -1.70. The highest BCUT2D eigenvalue weighted by atomic mass is 32.2. The van der Waals surface area contributed by atoms with Crippen LogP contribution in [0.5, 0.6) is 0 Å². The summed E-state index contributed by atoms with van der Waals surface area (Å²) in [7, 11) is 0. The van der Waals surface area contributed by atoms with Crippen LogP contribution in [0.3, 0.4) is 0 Å². The lowest BCUT2D eigenvalue weighted by Crippen LogP contribution is -2.63. The number of ether oxygens (including phenoxy) is 1. The Balaban J connectivity index is 2.63. The van der Waals surface area contributed by atoms with Crippen LogP contribution < -0.4 is 0 Å². The van der Waals surface area contributed by atoms with Gasteiger partial charge < -0.3 is 9.84 Å². The summed E-state index contributed by atoms with van der Waals surface area (Å²) in [4.78, 5) is 11.3. The molecule has 0 aliphatic carbocycles. The molecule has 5 nitrogen and oxygen atoms in total. The highest BCUT2D eigenvalue weighted by molar-refractivity contribution is 7.63. The first-order chi connectivity index (χ1) is 10.7. The molecule has 2 rings (SSSR count). The van der Waals surface area contributed by atoms with E-state index in [-0.39, 0.29) is 42.6 Å². The maximum absolute atomic E-state index is 15.0. The van der Waals surface area contributed by atoms with Crippen LogP contribution >= 0.6 is 0 Å². The summed E-state index contributed by atoms with van der Waals surface area (Å²) in [6, 6.07) is 2.90. The molecule has 1 aromatic carbocycles. The van der Waals surface area contributed by atoms with Gasteiger partial charge in [0.05, 0.1) is 30.6 Å². The number of rotatable bonds is 5. The Morgan fingerprint density at radius 1 is 1.43 bits per heavy atom. The second kappa shape index (κ2) is 6.30. The van der Waals surface area contributed by atoms with Crippen molar-refractivity contribution < 1.29 is 23.2 Å². The van der Waals surface area contributed by atoms with E-state index in [2.05, 4.69) is 0 Å². The van der Waals surface area contributed by atoms with E-state index in [1.165, 1.54) is 12.1 Å². The van der Waals surface area contributed by atoms with Crippen LogP contribution in [0.15, 0.2) is 12.1 Å². The number of carboxylic acids is 1. The average molecular weight is 343 g/mol. The molecule has 23 heavy (non-hydrogen) atoms. The standard InChI is InChI=1S/C16H22FNO4S/c1-5-10-11(14(19)20)6-7-12(13(10)17)16(8-22-9-16)18(23-21)15(2,3)4/h6-7,23H,5,8-9H2,1-4H3,(H,19,20). The van der Waals surface area contributed by atoms with Gasteiger partial charge in [0.25, 0.3) is 0 Å². The summed E-state index contributed by atoms with van der Waals surface area (Å²) >= 11 is -0.225. The molecule has 0 atom stereocenters. The number of carboxylic acid groups (broad SMARTS) is 1. The van der Waals surface area contributed by atoms with Gasteiger partial charge in [-0.1, -0.05) is 13.0 Å². The van der Waals surface area contributed by atoms with Crippen molar-refractivity contribution in [1.29, 1.82) is 0 Å². The number of hydrogen-bond acceptors (Lipinski definition) is 3. The molecular formula is C16H22FNO4S. The van der Waals surface area contributed by atoms with E-state index in [1.807, 2.05) is 20.8 Å². The number of halogens is 1. The molecule has 1 saturated heterocycles. The fourth-order valence-corrected chi connectivity index (χ4v) is 3.68. The number of carbonyl (C=O) groups is 1. The van der Waals surface area contributed by atoms with Gasteiger partial charge in [0, 0.05) is 16.7 Å². The van der Waals surface area contributed by atoms with Gasteiger partial charge in [-0.05, 0) is 33.3 Å². The average Bonchev–Trinajstić information content (AvgIpc) is 2.41. The highest BCUT2D eigenvalue weighted by Crippen LogP contribution is 2.42. The molecule has 1 aromatic rings. The summed E-state index contributed by atoms with van der Waals surface area (Å²) < 4.78 is 33.8. The molecule has 0 spiro atoms. The number of hydrogen-bond donors (Lipinski definition) is 2. The van der Waals surface area contributed by atoms with Crippen LogP contribution in [-0.4, -0.2) is 38.3 Å². The summed E-state index contributed by atoms with van der Waals surface area (Å²) in [5.41, 5.74) is -0.864. The van der Waals surface area contributed by atoms with Crippen LogP contribution in [0.2, 0.25) is 0 Å². The van der Waals surface area contributed by atoms with Gasteiger partial charge in [-0.15, -0.1) is 0 Å². The zero-order valence-electron chi connectivity index (χ0n) is 13.7. The minimum atomic E-state index is -1.15. The van der Waals surface area contributed by atoms with E-state index in [4.69, 9.17) is 4.74 Å². The Kier molecular flexibility index (Phi) is 4.94. The van der Waals surface area contributed by atoms with Crippen molar-refractivity contribution in [2.45, 2.75) is 45.2 Å². The second-order valence-electron chi connectivity index (χ2n) is 6.70. The van der Waals surface area contributed by atoms with E-state index in [9.17, 15) is 14.1 Å². The van der Waals surface area contributed by atoms with Crippen LogP contribution in [0, 0.1) is 5.82 Å². The summed E-state index contributed by atoms with van der Waals surface area (Å²) in [6.07, 6.45) is 0.267. The maximum atomic E-state index is 15.0. The van der Waals surface area contributed by atoms with Gasteiger partial charge in [-0.25, -0.2) is 17.7 Å². The quantitative estimate of drug-likeness (QED) is 0.805. The van der Waals surface area contributed by atoms with Gasteiger partial charge in [-0.2, -0.15) is 0 Å². The first-order valence-electron chi connectivity index (χ1n) is 7.45. The number of thiol groups is 1. The van der Waals surface area contributed by atoms with Gasteiger partial charge in [-0.3, -0.25) is 0 Å². The minimum Gasteiger partial charge on any atom is -0.478 e. The Labute approximate surface area is 139 Å². The summed E-state index contributed by atoms with van der Waals surface area (Å²) in [6.45, 7) is 7.82. The van der Waals surface area contributed by atoms with Crippen molar-refractivity contribution in [3.05, 3.63) is 34.6 Å². The lowest BCUT2D eigenvalue weighted by atomic mass is 9.82. The lowest BCUT2D eigenvalue weighted by molar-refractivity contribution is -0.135. The predicted molar refractivity (Wildman–Crippen MR) is 86.4 cm³/mol. The first-order valence-corrected chi connectivity index (χ1v) is 8.22. The molecule has 1 aliphatic rings. The van der Waals surface area contributed by atoms with E-state index >= 15 is 4.39 Å². The zero-order chi connectivity index (χ0) is 17.4. The Hall–Kier alpha value is -1.31. The molecule has 0 aromatic heterocycles. The second-order valence-corrected chi connectivity index (χ2v) is 7.26. The molecule has 0 bridgehead atoms. The van der Waals surface area contributed by atoms with Gasteiger partial charge in [0.1, 0.15) is 11.4 Å². The van der Waals surface area contributed by atoms with Crippen LogP contribution in [0.1, 0.15) is 49.2 Å². The molecule has 0 saturated carbocycles. The minimum absolute atomic E-state index is 0.0360. The molecule has 1 aliphatic heterocycles. The molecule has 1 N–H and O–H groups in total. The molecule has 7 heteroatoms. The van der Waals surface area contributed by atoms with Crippen molar-refractivity contribution in [3.8, 4) is 0 Å². The normalized spacial score (nSPS) is 17.1. The van der Waals surface area contributed by atoms with E-state index in [1.54, 1.807) is 11.2 Å². The molecule has 0 radical (unpaired) electrons. The van der Waals surface area contributed by atoms with Crippen LogP contribution in [0.4, 0.5) is 4.39 Å². The van der Waals surface area contributed by atoms with Crippen molar-refractivity contribution >= 4 is 17.8 Å². The monoisotopic (exact) mass is 343 g/mol. The maximum Gasteiger partial charge on any atom is 0.336 e. The number of nitrogens with zero attached hydrogens (tertiary/aromatic N) is 1. The van der Waals surface area contributed by atoms with Gasteiger partial charge >= 0.3 is 5.97 Å². The Bertz CT molecular complexity index is 638. The molecule has 128 valence electrons. The van der Waals surface area contributed by atoms with Crippen LogP contribution in [0.25, 0.3) is 0 Å². The highest BCUT2D eigenvalue weighted by Gasteiger charge is 2.51. The van der Waals surface area contributed by atoms with Gasteiger partial charge in [0.2, 0.25) is 0 Å². The van der Waals surface area contributed by atoms with E-state index < -0.39 is 22.9 Å². The predicted octanol–water partition coefficient (Wildman–Crippen LogP) is 2.27. The molecular weight excluding hydrogens is 321 g/mol. The molecule has 0 unspecified atom stereocenters. The fourth-order valence-electron chi connectivity index (χ4n) is 3.06. The zero-order valence-corrected chi connectivity index (χ0v) is 14.6. The van der Waals surface area contributed by atoms with E-state index in [0.717, 1.165) is 0 Å². The van der Waals surface area contributed by atoms with Crippen molar-refractivity contribution in [2.75, 3.05) is 13.2 Å². The third-order valence-electron chi connectivity index (χ3n) is 4.13.